The molecule has 2 N–H and O–H groups in total. The van der Waals surface area contributed by atoms with E-state index in [0.29, 0.717) is 18.5 Å². The first-order valence-corrected chi connectivity index (χ1v) is 9.45. The van der Waals surface area contributed by atoms with Crippen LogP contribution in [0.2, 0.25) is 0 Å². The number of carbonyl (C=O) groups is 1. The van der Waals surface area contributed by atoms with Crippen molar-refractivity contribution in [2.24, 2.45) is 5.92 Å². The lowest BCUT2D eigenvalue weighted by atomic mass is 9.85. The summed E-state index contributed by atoms with van der Waals surface area (Å²) in [7, 11) is 1.65. The molecular weight excluding hydrogens is 364 g/mol. The normalized spacial score (nSPS) is 24.0. The lowest BCUT2D eigenvalue weighted by molar-refractivity contribution is -0.123. The zero-order chi connectivity index (χ0) is 17.9. The fraction of sp³-hybridized carbons (Fsp3) is 0.500. The molecule has 0 radical (unpaired) electrons. The first kappa shape index (κ1) is 19.7. The van der Waals surface area contributed by atoms with Crippen molar-refractivity contribution in [3.63, 3.8) is 0 Å². The third-order valence-electron chi connectivity index (χ3n) is 5.60. The van der Waals surface area contributed by atoms with E-state index in [2.05, 4.69) is 15.7 Å². The van der Waals surface area contributed by atoms with E-state index in [1.807, 2.05) is 41.2 Å². The number of methoxy groups -OCH3 is 1. The minimum Gasteiger partial charge on any atom is -0.497 e. The van der Waals surface area contributed by atoms with Crippen LogP contribution >= 0.6 is 12.4 Å². The summed E-state index contributed by atoms with van der Waals surface area (Å²) in [5.74, 6) is 1.59. The average molecular weight is 391 g/mol. The number of carbonyl (C=O) groups excluding carboxylic acids is 1. The number of nitrogens with zero attached hydrogens (tertiary/aromatic N) is 2. The predicted molar refractivity (Wildman–Crippen MR) is 106 cm³/mol. The van der Waals surface area contributed by atoms with Gasteiger partial charge in [-0.3, -0.25) is 4.79 Å². The number of rotatable bonds is 5. The Morgan fingerprint density at radius 2 is 2.04 bits per heavy atom. The van der Waals surface area contributed by atoms with Crippen LogP contribution in [0.4, 0.5) is 0 Å². The molecule has 1 saturated carbocycles. The number of hydrogen-bond donors (Lipinski definition) is 2. The summed E-state index contributed by atoms with van der Waals surface area (Å²) in [5.41, 5.74) is 1.81. The Kier molecular flexibility index (Phi) is 6.39. The van der Waals surface area contributed by atoms with Crippen molar-refractivity contribution in [2.45, 2.75) is 50.7 Å². The second-order valence-corrected chi connectivity index (χ2v) is 7.27. The van der Waals surface area contributed by atoms with Gasteiger partial charge in [-0.25, -0.2) is 4.68 Å². The molecule has 2 heterocycles. The second-order valence-electron chi connectivity index (χ2n) is 7.27. The largest absolute Gasteiger partial charge is 0.497 e. The molecule has 2 aromatic rings. The average Bonchev–Trinajstić information content (AvgIpc) is 3.33. The molecule has 3 unspecified atom stereocenters. The fourth-order valence-electron chi connectivity index (χ4n) is 4.16. The molecular formula is C20H27ClN4O2. The molecule has 1 amide bonds. The van der Waals surface area contributed by atoms with Crippen molar-refractivity contribution >= 4 is 18.3 Å². The Labute approximate surface area is 166 Å². The van der Waals surface area contributed by atoms with Gasteiger partial charge in [-0.15, -0.1) is 12.4 Å². The molecule has 1 aliphatic carbocycles. The van der Waals surface area contributed by atoms with E-state index in [9.17, 15) is 4.79 Å². The zero-order valence-electron chi connectivity index (χ0n) is 15.6. The van der Waals surface area contributed by atoms with E-state index in [-0.39, 0.29) is 24.4 Å². The number of benzene rings is 1. The first-order chi connectivity index (χ1) is 12.7. The van der Waals surface area contributed by atoms with E-state index in [1.165, 1.54) is 25.7 Å². The predicted octanol–water partition coefficient (Wildman–Crippen LogP) is 2.84. The number of nitrogens with one attached hydrogen (secondary N) is 2. The van der Waals surface area contributed by atoms with Gasteiger partial charge in [0, 0.05) is 12.2 Å². The van der Waals surface area contributed by atoms with Crippen molar-refractivity contribution in [3.05, 3.63) is 42.2 Å². The first-order valence-electron chi connectivity index (χ1n) is 9.45. The van der Waals surface area contributed by atoms with Crippen LogP contribution in [-0.2, 0) is 11.3 Å². The lowest BCUT2D eigenvalue weighted by Crippen LogP contribution is -2.42. The van der Waals surface area contributed by atoms with Crippen molar-refractivity contribution in [1.29, 1.82) is 0 Å². The maximum Gasteiger partial charge on any atom is 0.237 e. The van der Waals surface area contributed by atoms with Gasteiger partial charge in [0.15, 0.2) is 0 Å². The summed E-state index contributed by atoms with van der Waals surface area (Å²) in [6, 6.07) is 10.1. The summed E-state index contributed by atoms with van der Waals surface area (Å²) in [6.07, 6.45) is 7.93. The van der Waals surface area contributed by atoms with Crippen LogP contribution in [0.3, 0.4) is 0 Å². The van der Waals surface area contributed by atoms with E-state index in [0.717, 1.165) is 23.6 Å². The van der Waals surface area contributed by atoms with Gasteiger partial charge in [0.25, 0.3) is 0 Å². The van der Waals surface area contributed by atoms with Crippen LogP contribution < -0.4 is 15.4 Å². The molecule has 7 heteroatoms. The monoisotopic (exact) mass is 390 g/mol. The lowest BCUT2D eigenvalue weighted by Gasteiger charge is -2.24. The number of hydrogen-bond acceptors (Lipinski definition) is 4. The molecule has 27 heavy (non-hydrogen) atoms. The van der Waals surface area contributed by atoms with Gasteiger partial charge in [0.05, 0.1) is 31.1 Å². The van der Waals surface area contributed by atoms with Gasteiger partial charge in [-0.05, 0) is 55.5 Å². The maximum absolute atomic E-state index is 12.5. The van der Waals surface area contributed by atoms with Crippen molar-refractivity contribution in [3.8, 4) is 11.4 Å². The molecule has 0 spiro atoms. The van der Waals surface area contributed by atoms with Gasteiger partial charge >= 0.3 is 0 Å². The summed E-state index contributed by atoms with van der Waals surface area (Å²) in [4.78, 5) is 12.5. The maximum atomic E-state index is 12.5. The molecule has 1 aromatic carbocycles. The number of aromatic nitrogens is 2. The molecule has 2 aliphatic rings. The number of amides is 1. The third-order valence-corrected chi connectivity index (χ3v) is 5.60. The van der Waals surface area contributed by atoms with Crippen LogP contribution in [0.5, 0.6) is 5.75 Å². The molecule has 1 aliphatic heterocycles. The number of ether oxygens (including phenoxy) is 1. The molecule has 0 bridgehead atoms. The van der Waals surface area contributed by atoms with Gasteiger partial charge < -0.3 is 15.4 Å². The molecule has 1 saturated heterocycles. The van der Waals surface area contributed by atoms with Crippen molar-refractivity contribution in [2.75, 3.05) is 7.11 Å². The quantitative estimate of drug-likeness (QED) is 0.823. The minimum atomic E-state index is -0.0493. The summed E-state index contributed by atoms with van der Waals surface area (Å²) >= 11 is 0. The minimum absolute atomic E-state index is 0. The molecule has 4 rings (SSSR count). The van der Waals surface area contributed by atoms with Gasteiger partial charge in [0.1, 0.15) is 5.75 Å². The van der Waals surface area contributed by atoms with Crippen LogP contribution in [0.1, 0.15) is 37.8 Å². The van der Waals surface area contributed by atoms with Gasteiger partial charge in [-0.2, -0.15) is 5.10 Å². The molecule has 3 atom stereocenters. The molecule has 1 aromatic heterocycles. The van der Waals surface area contributed by atoms with Crippen LogP contribution in [0.15, 0.2) is 36.5 Å². The van der Waals surface area contributed by atoms with E-state index < -0.39 is 0 Å². The van der Waals surface area contributed by atoms with Crippen LogP contribution in [0.25, 0.3) is 5.69 Å². The van der Waals surface area contributed by atoms with Crippen LogP contribution in [-0.4, -0.2) is 34.9 Å². The third kappa shape index (κ3) is 4.45. The van der Waals surface area contributed by atoms with Crippen LogP contribution in [0, 0.1) is 5.92 Å². The standard InChI is InChI=1S/C20H26N4O2.ClH/c1-26-17-8-6-16(7-9-17)24-11-10-15(23-24)13-21-20(25)19-12-14-4-2-3-5-18(14)22-19;/h6-11,14,18-19,22H,2-5,12-13H2,1H3,(H,21,25);1H. The second kappa shape index (κ2) is 8.76. The Morgan fingerprint density at radius 3 is 2.78 bits per heavy atom. The highest BCUT2D eigenvalue weighted by Gasteiger charge is 2.38. The smallest absolute Gasteiger partial charge is 0.237 e. The summed E-state index contributed by atoms with van der Waals surface area (Å²) in [5, 5.41) is 11.1. The topological polar surface area (TPSA) is 68.2 Å². The Bertz CT molecular complexity index is 748. The van der Waals surface area contributed by atoms with E-state index in [1.54, 1.807) is 7.11 Å². The molecule has 6 nitrogen and oxygen atoms in total. The van der Waals surface area contributed by atoms with Crippen molar-refractivity contribution < 1.29 is 9.53 Å². The number of fused-ring (bicyclic) bond motifs is 1. The summed E-state index contributed by atoms with van der Waals surface area (Å²) < 4.78 is 6.98. The van der Waals surface area contributed by atoms with E-state index in [4.69, 9.17) is 4.74 Å². The highest BCUT2D eigenvalue weighted by atomic mass is 35.5. The number of halogens is 1. The molecule has 2 fully saturated rings. The van der Waals surface area contributed by atoms with Gasteiger partial charge in [0.2, 0.25) is 5.91 Å². The molecule has 146 valence electrons. The van der Waals surface area contributed by atoms with Gasteiger partial charge in [-0.1, -0.05) is 12.8 Å². The highest BCUT2D eigenvalue weighted by molar-refractivity contribution is 5.85. The Hall–Kier alpha value is -2.05. The zero-order valence-corrected chi connectivity index (χ0v) is 16.4. The Morgan fingerprint density at radius 1 is 1.26 bits per heavy atom. The fourth-order valence-corrected chi connectivity index (χ4v) is 4.16. The van der Waals surface area contributed by atoms with Crippen molar-refractivity contribution in [1.82, 2.24) is 20.4 Å². The highest BCUT2D eigenvalue weighted by Crippen LogP contribution is 2.33. The van der Waals surface area contributed by atoms with E-state index >= 15 is 0 Å². The summed E-state index contributed by atoms with van der Waals surface area (Å²) in [6.45, 7) is 0.454. The Balaban J connectivity index is 0.00000210. The SMILES string of the molecule is COc1ccc(-n2ccc(CNC(=O)C3CC4CCCCC4N3)n2)cc1.Cl.